The summed E-state index contributed by atoms with van der Waals surface area (Å²) in [5.74, 6) is 1.98. The number of aromatic nitrogens is 2. The van der Waals surface area contributed by atoms with Crippen molar-refractivity contribution in [3.63, 3.8) is 0 Å². The molecule has 92 valence electrons. The summed E-state index contributed by atoms with van der Waals surface area (Å²) in [6, 6.07) is 6.47. The van der Waals surface area contributed by atoms with Gasteiger partial charge in [-0.2, -0.15) is 0 Å². The molecule has 0 fully saturated rings. The molecule has 1 aromatic heterocycles. The van der Waals surface area contributed by atoms with Crippen LogP contribution in [0.1, 0.15) is 44.0 Å². The summed E-state index contributed by atoms with van der Waals surface area (Å²) < 4.78 is 2.18. The lowest BCUT2D eigenvalue weighted by Gasteiger charge is -2.08. The maximum Gasteiger partial charge on any atom is 0.112 e. The van der Waals surface area contributed by atoms with Crippen molar-refractivity contribution in [2.75, 3.05) is 6.54 Å². The second-order valence-electron chi connectivity index (χ2n) is 5.07. The summed E-state index contributed by atoms with van der Waals surface area (Å²) in [5, 5.41) is 0. The molecule has 2 N–H and O–H groups in total. The lowest BCUT2D eigenvalue weighted by atomic mass is 10.0. The quantitative estimate of drug-likeness (QED) is 0.882. The minimum Gasteiger partial charge on any atom is -0.331 e. The molecule has 1 aromatic carbocycles. The van der Waals surface area contributed by atoms with Crippen LogP contribution >= 0.6 is 0 Å². The third-order valence-corrected chi connectivity index (χ3v) is 3.38. The van der Waals surface area contributed by atoms with Crippen LogP contribution in [0.25, 0.3) is 11.0 Å². The van der Waals surface area contributed by atoms with E-state index < -0.39 is 0 Å². The fraction of sp³-hybridized carbons (Fsp3) is 0.500. The summed E-state index contributed by atoms with van der Waals surface area (Å²) in [7, 11) is 2.08. The lowest BCUT2D eigenvalue weighted by Crippen LogP contribution is -2.08. The monoisotopic (exact) mass is 231 g/mol. The van der Waals surface area contributed by atoms with E-state index >= 15 is 0 Å². The first kappa shape index (κ1) is 12.1. The minimum absolute atomic E-state index is 0.393. The summed E-state index contributed by atoms with van der Waals surface area (Å²) in [6.45, 7) is 7.16. The Morgan fingerprint density at radius 1 is 1.29 bits per heavy atom. The molecule has 0 aliphatic rings. The Labute approximate surface area is 103 Å². The molecule has 0 amide bonds. The second-order valence-corrected chi connectivity index (χ2v) is 5.07. The Balaban J connectivity index is 2.55. The summed E-state index contributed by atoms with van der Waals surface area (Å²) >= 11 is 0. The average Bonchev–Trinajstić information content (AvgIpc) is 2.65. The van der Waals surface area contributed by atoms with Gasteiger partial charge in [-0.1, -0.05) is 26.8 Å². The summed E-state index contributed by atoms with van der Waals surface area (Å²) in [6.07, 6.45) is 0. The fourth-order valence-corrected chi connectivity index (χ4v) is 2.19. The van der Waals surface area contributed by atoms with Crippen LogP contribution in [0.5, 0.6) is 0 Å². The van der Waals surface area contributed by atoms with Gasteiger partial charge in [0.15, 0.2) is 0 Å². The molecule has 0 bridgehead atoms. The van der Waals surface area contributed by atoms with Gasteiger partial charge in [0.05, 0.1) is 11.0 Å². The van der Waals surface area contributed by atoms with Crippen LogP contribution in [-0.2, 0) is 7.05 Å². The van der Waals surface area contributed by atoms with E-state index in [1.807, 2.05) is 0 Å². The molecule has 1 unspecified atom stereocenters. The molecular formula is C14H21N3. The molecule has 0 radical (unpaired) electrons. The van der Waals surface area contributed by atoms with Crippen LogP contribution in [0, 0.1) is 0 Å². The molecule has 17 heavy (non-hydrogen) atoms. The largest absolute Gasteiger partial charge is 0.331 e. The van der Waals surface area contributed by atoms with Crippen LogP contribution in [-0.4, -0.2) is 16.1 Å². The fourth-order valence-electron chi connectivity index (χ4n) is 2.19. The van der Waals surface area contributed by atoms with Gasteiger partial charge in [-0.15, -0.1) is 0 Å². The highest BCUT2D eigenvalue weighted by Gasteiger charge is 2.12. The number of aryl methyl sites for hydroxylation is 1. The number of benzene rings is 1. The Kier molecular flexibility index (Phi) is 3.20. The maximum atomic E-state index is 5.71. The van der Waals surface area contributed by atoms with Gasteiger partial charge >= 0.3 is 0 Å². The summed E-state index contributed by atoms with van der Waals surface area (Å²) in [4.78, 5) is 4.71. The Morgan fingerprint density at radius 3 is 2.59 bits per heavy atom. The van der Waals surface area contributed by atoms with Gasteiger partial charge in [0.25, 0.3) is 0 Å². The molecule has 2 aromatic rings. The molecule has 1 heterocycles. The van der Waals surface area contributed by atoms with Crippen LogP contribution in [0.4, 0.5) is 0 Å². The molecule has 0 spiro atoms. The van der Waals surface area contributed by atoms with Gasteiger partial charge in [-0.3, -0.25) is 0 Å². The van der Waals surface area contributed by atoms with Gasteiger partial charge < -0.3 is 10.3 Å². The second kappa shape index (κ2) is 4.49. The molecule has 0 aliphatic carbocycles. The normalized spacial score (nSPS) is 13.5. The zero-order chi connectivity index (χ0) is 12.6. The van der Waals surface area contributed by atoms with Gasteiger partial charge in [0, 0.05) is 13.0 Å². The Hall–Kier alpha value is -1.35. The zero-order valence-electron chi connectivity index (χ0n) is 11.1. The highest BCUT2D eigenvalue weighted by Crippen LogP contribution is 2.24. The molecule has 0 saturated heterocycles. The molecule has 3 heteroatoms. The van der Waals surface area contributed by atoms with Crippen LogP contribution in [0.3, 0.4) is 0 Å². The van der Waals surface area contributed by atoms with Crippen molar-refractivity contribution in [1.29, 1.82) is 0 Å². The topological polar surface area (TPSA) is 43.8 Å². The smallest absolute Gasteiger partial charge is 0.112 e. The summed E-state index contributed by atoms with van der Waals surface area (Å²) in [5.41, 5.74) is 9.25. The average molecular weight is 231 g/mol. The maximum absolute atomic E-state index is 5.71. The third-order valence-electron chi connectivity index (χ3n) is 3.38. The highest BCUT2D eigenvalue weighted by molar-refractivity contribution is 5.77. The first-order valence-electron chi connectivity index (χ1n) is 6.21. The SMILES string of the molecule is CC(C)c1nc2cc(C(C)CN)ccc2n1C. The van der Waals surface area contributed by atoms with E-state index in [-0.39, 0.29) is 0 Å². The molecule has 2 rings (SSSR count). The van der Waals surface area contributed by atoms with Crippen molar-refractivity contribution in [2.24, 2.45) is 12.8 Å². The Morgan fingerprint density at radius 2 is 2.00 bits per heavy atom. The van der Waals surface area contributed by atoms with Crippen molar-refractivity contribution >= 4 is 11.0 Å². The van der Waals surface area contributed by atoms with Gasteiger partial charge in [0.2, 0.25) is 0 Å². The van der Waals surface area contributed by atoms with E-state index in [1.54, 1.807) is 0 Å². The van der Waals surface area contributed by atoms with E-state index in [4.69, 9.17) is 10.7 Å². The standard InChI is InChI=1S/C14H21N3/c1-9(2)14-16-12-7-11(10(3)8-15)5-6-13(12)17(14)4/h5-7,9-10H,8,15H2,1-4H3. The van der Waals surface area contributed by atoms with Crippen molar-refractivity contribution < 1.29 is 0 Å². The van der Waals surface area contributed by atoms with Crippen molar-refractivity contribution in [1.82, 2.24) is 9.55 Å². The van der Waals surface area contributed by atoms with Gasteiger partial charge in [0.1, 0.15) is 5.82 Å². The van der Waals surface area contributed by atoms with Crippen LogP contribution in [0.2, 0.25) is 0 Å². The first-order chi connectivity index (χ1) is 8.04. The molecule has 0 saturated carbocycles. The molecular weight excluding hydrogens is 210 g/mol. The minimum atomic E-state index is 0.393. The number of imidazole rings is 1. The van der Waals surface area contributed by atoms with E-state index in [9.17, 15) is 0 Å². The van der Waals surface area contributed by atoms with Crippen molar-refractivity contribution in [3.05, 3.63) is 29.6 Å². The van der Waals surface area contributed by atoms with E-state index in [0.717, 1.165) is 11.3 Å². The predicted molar refractivity (Wildman–Crippen MR) is 72.3 cm³/mol. The Bertz CT molecular complexity index is 525. The van der Waals surface area contributed by atoms with Gasteiger partial charge in [-0.05, 0) is 30.2 Å². The third kappa shape index (κ3) is 2.07. The molecule has 1 atom stereocenters. The van der Waals surface area contributed by atoms with Gasteiger partial charge in [-0.25, -0.2) is 4.98 Å². The number of fused-ring (bicyclic) bond motifs is 1. The number of nitrogens with two attached hydrogens (primary N) is 1. The van der Waals surface area contributed by atoms with E-state index in [1.165, 1.54) is 11.1 Å². The predicted octanol–water partition coefficient (Wildman–Crippen LogP) is 2.76. The molecule has 3 nitrogen and oxygen atoms in total. The lowest BCUT2D eigenvalue weighted by molar-refractivity contribution is 0.722. The van der Waals surface area contributed by atoms with Crippen molar-refractivity contribution in [3.8, 4) is 0 Å². The van der Waals surface area contributed by atoms with E-state index in [2.05, 4.69) is 50.6 Å². The van der Waals surface area contributed by atoms with E-state index in [0.29, 0.717) is 18.4 Å². The number of nitrogens with zero attached hydrogens (tertiary/aromatic N) is 2. The number of hydrogen-bond donors (Lipinski definition) is 1. The highest BCUT2D eigenvalue weighted by atomic mass is 15.1. The first-order valence-corrected chi connectivity index (χ1v) is 6.21. The molecule has 0 aliphatic heterocycles. The number of hydrogen-bond acceptors (Lipinski definition) is 2. The zero-order valence-corrected chi connectivity index (χ0v) is 11.1. The number of rotatable bonds is 3. The van der Waals surface area contributed by atoms with Crippen LogP contribution in [0.15, 0.2) is 18.2 Å². The van der Waals surface area contributed by atoms with Crippen molar-refractivity contribution in [2.45, 2.75) is 32.6 Å². The van der Waals surface area contributed by atoms with Crippen LogP contribution < -0.4 is 5.73 Å².